The van der Waals surface area contributed by atoms with E-state index in [-0.39, 0.29) is 0 Å². The quantitative estimate of drug-likeness (QED) is 0.131. The number of nitrogens with zero attached hydrogens (tertiary/aromatic N) is 1. The molecular formula is C62H43N. The minimum atomic E-state index is 1.09. The van der Waals surface area contributed by atoms with Gasteiger partial charge in [0, 0.05) is 17.1 Å². The third-order valence-electron chi connectivity index (χ3n) is 12.3. The molecule has 0 aliphatic heterocycles. The molecule has 0 spiro atoms. The topological polar surface area (TPSA) is 3.24 Å². The zero-order chi connectivity index (χ0) is 42.0. The molecule has 1 nitrogen and oxygen atoms in total. The lowest BCUT2D eigenvalue weighted by Gasteiger charge is -2.26. The Hall–Kier alpha value is -8.26. The van der Waals surface area contributed by atoms with Crippen LogP contribution in [-0.4, -0.2) is 0 Å². The monoisotopic (exact) mass is 801 g/mol. The van der Waals surface area contributed by atoms with Crippen molar-refractivity contribution in [3.8, 4) is 66.8 Å². The van der Waals surface area contributed by atoms with E-state index in [4.69, 9.17) is 0 Å². The summed E-state index contributed by atoms with van der Waals surface area (Å²) >= 11 is 0. The number of rotatable bonds is 9. The number of hydrogen-bond donors (Lipinski definition) is 0. The Morgan fingerprint density at radius 2 is 0.444 bits per heavy atom. The normalized spacial score (nSPS) is 11.2. The molecule has 0 amide bonds. The first-order valence-corrected chi connectivity index (χ1v) is 21.7. The van der Waals surface area contributed by atoms with Gasteiger partial charge in [-0.2, -0.15) is 0 Å². The van der Waals surface area contributed by atoms with Gasteiger partial charge in [0.1, 0.15) is 0 Å². The average molecular weight is 802 g/mol. The second-order valence-electron chi connectivity index (χ2n) is 16.1. The van der Waals surface area contributed by atoms with Crippen LogP contribution in [0.1, 0.15) is 0 Å². The van der Waals surface area contributed by atoms with Gasteiger partial charge in [0.2, 0.25) is 0 Å². The Kier molecular flexibility index (Phi) is 9.97. The van der Waals surface area contributed by atoms with Crippen LogP contribution >= 0.6 is 0 Å². The molecule has 0 fully saturated rings. The lowest BCUT2D eigenvalue weighted by atomic mass is 9.84. The summed E-state index contributed by atoms with van der Waals surface area (Å²) in [6.07, 6.45) is 0. The van der Waals surface area contributed by atoms with Crippen LogP contribution < -0.4 is 4.90 Å². The Balaban J connectivity index is 0.992. The SMILES string of the molecule is c1ccc(-c2ccc(-c3ccc(N(c4ccc(-c5ccccc5)cc4)c4ccc(-c5ccc6c(c5)c(-c5ccccc5)c(-c5ccccc5)c5ccccc56)cc4)cc3)cc2)cc1. The summed E-state index contributed by atoms with van der Waals surface area (Å²) in [6, 6.07) is 94.5. The molecule has 0 unspecified atom stereocenters. The fourth-order valence-corrected chi connectivity index (χ4v) is 9.15. The third kappa shape index (κ3) is 7.37. The van der Waals surface area contributed by atoms with Crippen LogP contribution in [0.4, 0.5) is 17.1 Å². The van der Waals surface area contributed by atoms with E-state index < -0.39 is 0 Å². The minimum Gasteiger partial charge on any atom is -0.311 e. The second-order valence-corrected chi connectivity index (χ2v) is 16.1. The largest absolute Gasteiger partial charge is 0.311 e. The molecule has 0 bridgehead atoms. The van der Waals surface area contributed by atoms with Gasteiger partial charge in [-0.3, -0.25) is 0 Å². The molecular weight excluding hydrogens is 759 g/mol. The van der Waals surface area contributed by atoms with Gasteiger partial charge in [0.05, 0.1) is 0 Å². The van der Waals surface area contributed by atoms with Gasteiger partial charge in [-0.05, 0) is 131 Å². The number of benzene rings is 11. The van der Waals surface area contributed by atoms with Gasteiger partial charge >= 0.3 is 0 Å². The first-order chi connectivity index (χ1) is 31.2. The molecule has 11 aromatic rings. The summed E-state index contributed by atoms with van der Waals surface area (Å²) < 4.78 is 0. The van der Waals surface area contributed by atoms with E-state index >= 15 is 0 Å². The summed E-state index contributed by atoms with van der Waals surface area (Å²) in [4.78, 5) is 2.35. The Morgan fingerprint density at radius 1 is 0.175 bits per heavy atom. The molecule has 11 rings (SSSR count). The number of hydrogen-bond acceptors (Lipinski definition) is 1. The van der Waals surface area contributed by atoms with Gasteiger partial charge in [-0.1, -0.05) is 218 Å². The minimum absolute atomic E-state index is 1.09. The maximum atomic E-state index is 2.40. The molecule has 0 aliphatic rings. The highest BCUT2D eigenvalue weighted by Gasteiger charge is 2.19. The van der Waals surface area contributed by atoms with Crippen molar-refractivity contribution in [2.45, 2.75) is 0 Å². The molecule has 0 heterocycles. The molecule has 0 radical (unpaired) electrons. The third-order valence-corrected chi connectivity index (χ3v) is 12.3. The average Bonchev–Trinajstić information content (AvgIpc) is 3.37. The van der Waals surface area contributed by atoms with Crippen molar-refractivity contribution in [3.63, 3.8) is 0 Å². The van der Waals surface area contributed by atoms with Crippen molar-refractivity contribution in [1.29, 1.82) is 0 Å². The van der Waals surface area contributed by atoms with E-state index in [0.29, 0.717) is 0 Å². The van der Waals surface area contributed by atoms with Crippen LogP contribution in [0.3, 0.4) is 0 Å². The van der Waals surface area contributed by atoms with Gasteiger partial charge in [0.25, 0.3) is 0 Å². The maximum Gasteiger partial charge on any atom is 0.0462 e. The molecule has 0 atom stereocenters. The lowest BCUT2D eigenvalue weighted by molar-refractivity contribution is 1.28. The lowest BCUT2D eigenvalue weighted by Crippen LogP contribution is -2.09. The van der Waals surface area contributed by atoms with Crippen LogP contribution in [-0.2, 0) is 0 Å². The van der Waals surface area contributed by atoms with Crippen molar-refractivity contribution < 1.29 is 0 Å². The Labute approximate surface area is 369 Å². The first kappa shape index (κ1) is 37.7. The zero-order valence-corrected chi connectivity index (χ0v) is 34.8. The predicted octanol–water partition coefficient (Wildman–Crippen LogP) is 17.5. The molecule has 0 saturated heterocycles. The highest BCUT2D eigenvalue weighted by atomic mass is 15.1. The molecule has 63 heavy (non-hydrogen) atoms. The van der Waals surface area contributed by atoms with Crippen molar-refractivity contribution in [2.75, 3.05) is 4.90 Å². The van der Waals surface area contributed by atoms with Crippen LogP contribution in [0.15, 0.2) is 261 Å². The van der Waals surface area contributed by atoms with E-state index in [1.807, 2.05) is 0 Å². The van der Waals surface area contributed by atoms with Crippen molar-refractivity contribution in [1.82, 2.24) is 0 Å². The molecule has 0 aromatic heterocycles. The summed E-state index contributed by atoms with van der Waals surface area (Å²) in [5, 5.41) is 5.02. The first-order valence-electron chi connectivity index (χ1n) is 21.7. The van der Waals surface area contributed by atoms with Gasteiger partial charge in [-0.15, -0.1) is 0 Å². The standard InChI is InChI=1S/C62H43N/c1-5-15-44(16-6-1)46-25-27-47(28-26-46)49-31-38-55(39-32-49)63(54-36-29-48(30-37-54)45-17-7-2-8-18-45)56-40-33-50(34-41-56)53-35-42-58-57-23-13-14-24-59(57)61(51-19-9-3-10-20-51)62(60(58)43-53)52-21-11-4-12-22-52/h1-43H. The molecule has 0 N–H and O–H groups in total. The fraction of sp³-hybridized carbons (Fsp3) is 0. The second kappa shape index (κ2) is 16.7. The van der Waals surface area contributed by atoms with Gasteiger partial charge < -0.3 is 4.90 Å². The van der Waals surface area contributed by atoms with E-state index in [2.05, 4.69) is 266 Å². The Bertz CT molecular complexity index is 3300. The smallest absolute Gasteiger partial charge is 0.0462 e. The van der Waals surface area contributed by atoms with Crippen LogP contribution in [0, 0.1) is 0 Å². The van der Waals surface area contributed by atoms with E-state index in [9.17, 15) is 0 Å². The Morgan fingerprint density at radius 3 is 0.857 bits per heavy atom. The molecule has 0 saturated carbocycles. The van der Waals surface area contributed by atoms with Crippen LogP contribution in [0.25, 0.3) is 88.3 Å². The fourth-order valence-electron chi connectivity index (χ4n) is 9.15. The highest BCUT2D eigenvalue weighted by Crippen LogP contribution is 2.46. The van der Waals surface area contributed by atoms with E-state index in [1.54, 1.807) is 0 Å². The van der Waals surface area contributed by atoms with Crippen LogP contribution in [0.5, 0.6) is 0 Å². The molecule has 0 aliphatic carbocycles. The van der Waals surface area contributed by atoms with Crippen molar-refractivity contribution >= 4 is 38.6 Å². The molecule has 296 valence electrons. The van der Waals surface area contributed by atoms with E-state index in [1.165, 1.54) is 88.3 Å². The van der Waals surface area contributed by atoms with Crippen LogP contribution in [0.2, 0.25) is 0 Å². The van der Waals surface area contributed by atoms with Gasteiger partial charge in [-0.25, -0.2) is 0 Å². The predicted molar refractivity (Wildman–Crippen MR) is 269 cm³/mol. The molecule has 1 heteroatoms. The highest BCUT2D eigenvalue weighted by molar-refractivity contribution is 6.22. The number of fused-ring (bicyclic) bond motifs is 3. The summed E-state index contributed by atoms with van der Waals surface area (Å²) in [5.41, 5.74) is 17.8. The number of anilines is 3. The summed E-state index contributed by atoms with van der Waals surface area (Å²) in [7, 11) is 0. The maximum absolute atomic E-state index is 2.40. The van der Waals surface area contributed by atoms with Crippen molar-refractivity contribution in [3.05, 3.63) is 261 Å². The summed E-state index contributed by atoms with van der Waals surface area (Å²) in [6.45, 7) is 0. The van der Waals surface area contributed by atoms with E-state index in [0.717, 1.165) is 17.1 Å². The molecule has 11 aromatic carbocycles. The summed E-state index contributed by atoms with van der Waals surface area (Å²) in [5.74, 6) is 0. The van der Waals surface area contributed by atoms with Crippen molar-refractivity contribution in [2.24, 2.45) is 0 Å². The van der Waals surface area contributed by atoms with Gasteiger partial charge in [0.15, 0.2) is 0 Å². The zero-order valence-electron chi connectivity index (χ0n) is 34.8.